The predicted octanol–water partition coefficient (Wildman–Crippen LogP) is -0.00830. The van der Waals surface area contributed by atoms with E-state index in [9.17, 15) is 8.42 Å². The first-order chi connectivity index (χ1) is 9.65. The average molecular weight is 314 g/mol. The van der Waals surface area contributed by atoms with Gasteiger partial charge < -0.3 is 5.32 Å². The van der Waals surface area contributed by atoms with E-state index < -0.39 is 10.0 Å². The SMILES string of the molecule is O=S(=O)(NCc1nn[nH]n1)c1ccsc1CNC1CC1. The maximum absolute atomic E-state index is 12.3. The highest BCUT2D eigenvalue weighted by Gasteiger charge is 2.24. The van der Waals surface area contributed by atoms with E-state index in [2.05, 4.69) is 30.7 Å². The number of H-pyrrole nitrogens is 1. The third-order valence-corrected chi connectivity index (χ3v) is 5.47. The Balaban J connectivity index is 1.68. The molecule has 1 aliphatic carbocycles. The molecule has 1 fully saturated rings. The van der Waals surface area contributed by atoms with E-state index >= 15 is 0 Å². The Labute approximate surface area is 120 Å². The maximum atomic E-state index is 12.3. The second-order valence-corrected chi connectivity index (χ2v) is 7.25. The fourth-order valence-corrected chi connectivity index (χ4v) is 4.09. The Bertz CT molecular complexity index is 662. The Hall–Kier alpha value is -1.36. The quantitative estimate of drug-likeness (QED) is 0.662. The van der Waals surface area contributed by atoms with Crippen LogP contribution >= 0.6 is 11.3 Å². The number of hydrogen-bond donors (Lipinski definition) is 3. The Kier molecular flexibility index (Phi) is 3.78. The molecule has 8 nitrogen and oxygen atoms in total. The molecule has 1 saturated carbocycles. The summed E-state index contributed by atoms with van der Waals surface area (Å²) < 4.78 is 27.0. The first kappa shape index (κ1) is 13.6. The molecule has 20 heavy (non-hydrogen) atoms. The highest BCUT2D eigenvalue weighted by atomic mass is 32.2. The van der Waals surface area contributed by atoms with E-state index in [1.165, 1.54) is 24.2 Å². The van der Waals surface area contributed by atoms with Crippen molar-refractivity contribution in [1.82, 2.24) is 30.7 Å². The highest BCUT2D eigenvalue weighted by Crippen LogP contribution is 2.24. The zero-order chi connectivity index (χ0) is 14.0. The molecule has 0 aromatic carbocycles. The van der Waals surface area contributed by atoms with Crippen LogP contribution in [0.25, 0.3) is 0 Å². The number of thiophene rings is 1. The van der Waals surface area contributed by atoms with Crippen LogP contribution in [-0.4, -0.2) is 35.1 Å². The van der Waals surface area contributed by atoms with E-state index in [4.69, 9.17) is 0 Å². The molecule has 2 aromatic heterocycles. The zero-order valence-electron chi connectivity index (χ0n) is 10.5. The molecule has 3 rings (SSSR count). The van der Waals surface area contributed by atoms with Crippen molar-refractivity contribution in [3.63, 3.8) is 0 Å². The standard InChI is InChI=1S/C10H14N6O2S2/c17-20(18,12-6-10-13-15-16-14-10)9-3-4-19-8(9)5-11-7-1-2-7/h3-4,7,11-12H,1-2,5-6H2,(H,13,14,15,16). The van der Waals surface area contributed by atoms with Gasteiger partial charge in [-0.1, -0.05) is 5.21 Å². The van der Waals surface area contributed by atoms with Crippen LogP contribution in [0.5, 0.6) is 0 Å². The van der Waals surface area contributed by atoms with Crippen LogP contribution < -0.4 is 10.0 Å². The summed E-state index contributed by atoms with van der Waals surface area (Å²) in [5, 5.41) is 18.2. The maximum Gasteiger partial charge on any atom is 0.242 e. The van der Waals surface area contributed by atoms with Crippen molar-refractivity contribution in [1.29, 1.82) is 0 Å². The molecule has 0 unspecified atom stereocenters. The Morgan fingerprint density at radius 1 is 1.40 bits per heavy atom. The molecule has 10 heteroatoms. The third-order valence-electron chi connectivity index (χ3n) is 2.93. The minimum absolute atomic E-state index is 0.0180. The van der Waals surface area contributed by atoms with Crippen molar-refractivity contribution in [2.24, 2.45) is 0 Å². The molecule has 0 radical (unpaired) electrons. The summed E-state index contributed by atoms with van der Waals surface area (Å²) >= 11 is 1.44. The molecule has 0 spiro atoms. The number of nitrogens with one attached hydrogen (secondary N) is 3. The summed E-state index contributed by atoms with van der Waals surface area (Å²) in [6.45, 7) is 0.602. The summed E-state index contributed by atoms with van der Waals surface area (Å²) in [7, 11) is -3.55. The number of aromatic nitrogens is 4. The predicted molar refractivity (Wildman–Crippen MR) is 72.4 cm³/mol. The van der Waals surface area contributed by atoms with Gasteiger partial charge in [-0.2, -0.15) is 5.21 Å². The van der Waals surface area contributed by atoms with Gasteiger partial charge in [0.15, 0.2) is 5.82 Å². The van der Waals surface area contributed by atoms with E-state index in [0.717, 1.165) is 4.88 Å². The van der Waals surface area contributed by atoms with Crippen molar-refractivity contribution >= 4 is 21.4 Å². The normalized spacial score (nSPS) is 15.6. The summed E-state index contributed by atoms with van der Waals surface area (Å²) in [4.78, 5) is 1.14. The lowest BCUT2D eigenvalue weighted by Crippen LogP contribution is -2.25. The molecule has 108 valence electrons. The van der Waals surface area contributed by atoms with Gasteiger partial charge in [0.05, 0.1) is 11.4 Å². The number of sulfonamides is 1. The van der Waals surface area contributed by atoms with Gasteiger partial charge >= 0.3 is 0 Å². The number of rotatable bonds is 7. The van der Waals surface area contributed by atoms with Crippen LogP contribution in [0.1, 0.15) is 23.5 Å². The molecule has 2 aromatic rings. The first-order valence-corrected chi connectivity index (χ1v) is 8.53. The number of aromatic amines is 1. The van der Waals surface area contributed by atoms with Gasteiger partial charge in [0.25, 0.3) is 0 Å². The van der Waals surface area contributed by atoms with Crippen LogP contribution in [0.15, 0.2) is 16.3 Å². The summed E-state index contributed by atoms with van der Waals surface area (Å²) in [5.41, 5.74) is 0. The molecule has 0 amide bonds. The monoisotopic (exact) mass is 314 g/mol. The number of tetrazole rings is 1. The van der Waals surface area contributed by atoms with E-state index in [1.54, 1.807) is 11.4 Å². The Morgan fingerprint density at radius 3 is 2.95 bits per heavy atom. The van der Waals surface area contributed by atoms with Crippen molar-refractivity contribution in [2.45, 2.75) is 36.9 Å². The van der Waals surface area contributed by atoms with Crippen LogP contribution in [0, 0.1) is 0 Å². The molecule has 1 aliphatic rings. The van der Waals surface area contributed by atoms with Gasteiger partial charge in [-0.3, -0.25) is 0 Å². The third kappa shape index (κ3) is 3.20. The number of nitrogens with zero attached hydrogens (tertiary/aromatic N) is 3. The topological polar surface area (TPSA) is 113 Å². The van der Waals surface area contributed by atoms with Gasteiger partial charge in [0.2, 0.25) is 10.0 Å². The molecule has 0 atom stereocenters. The largest absolute Gasteiger partial charge is 0.309 e. The van der Waals surface area contributed by atoms with Crippen LogP contribution in [0.3, 0.4) is 0 Å². The van der Waals surface area contributed by atoms with Crippen LogP contribution in [0.4, 0.5) is 0 Å². The second kappa shape index (κ2) is 5.56. The molecular weight excluding hydrogens is 300 g/mol. The summed E-state index contributed by atoms with van der Waals surface area (Å²) in [6, 6.07) is 2.16. The first-order valence-electron chi connectivity index (χ1n) is 6.17. The smallest absolute Gasteiger partial charge is 0.242 e. The highest BCUT2D eigenvalue weighted by molar-refractivity contribution is 7.89. The molecule has 0 bridgehead atoms. The van der Waals surface area contributed by atoms with Crippen molar-refractivity contribution in [3.8, 4) is 0 Å². The minimum Gasteiger partial charge on any atom is -0.309 e. The molecule has 2 heterocycles. The zero-order valence-corrected chi connectivity index (χ0v) is 12.2. The van der Waals surface area contributed by atoms with Crippen molar-refractivity contribution in [3.05, 3.63) is 22.1 Å². The fraction of sp³-hybridized carbons (Fsp3) is 0.500. The van der Waals surface area contributed by atoms with E-state index in [1.807, 2.05) is 0 Å². The minimum atomic E-state index is -3.55. The lowest BCUT2D eigenvalue weighted by atomic mass is 10.4. The van der Waals surface area contributed by atoms with Crippen molar-refractivity contribution < 1.29 is 8.42 Å². The van der Waals surface area contributed by atoms with Crippen LogP contribution in [-0.2, 0) is 23.1 Å². The second-order valence-electron chi connectivity index (χ2n) is 4.52. The lowest BCUT2D eigenvalue weighted by Gasteiger charge is -2.07. The van der Waals surface area contributed by atoms with Gasteiger partial charge in [0.1, 0.15) is 0 Å². The molecule has 0 aliphatic heterocycles. The molecular formula is C10H14N6O2S2. The summed E-state index contributed by atoms with van der Waals surface area (Å²) in [5.74, 6) is 0.307. The van der Waals surface area contributed by atoms with E-state index in [-0.39, 0.29) is 6.54 Å². The Morgan fingerprint density at radius 2 is 2.25 bits per heavy atom. The van der Waals surface area contributed by atoms with Gasteiger partial charge in [-0.25, -0.2) is 13.1 Å². The average Bonchev–Trinajstić information content (AvgIpc) is 2.94. The van der Waals surface area contributed by atoms with Crippen LogP contribution in [0.2, 0.25) is 0 Å². The van der Waals surface area contributed by atoms with E-state index in [0.29, 0.717) is 23.3 Å². The fourth-order valence-electron chi connectivity index (χ4n) is 1.72. The molecule has 3 N–H and O–H groups in total. The van der Waals surface area contributed by atoms with Gasteiger partial charge in [0, 0.05) is 17.5 Å². The van der Waals surface area contributed by atoms with Gasteiger partial charge in [-0.15, -0.1) is 21.5 Å². The lowest BCUT2D eigenvalue weighted by molar-refractivity contribution is 0.577. The van der Waals surface area contributed by atoms with Gasteiger partial charge in [-0.05, 0) is 24.3 Å². The van der Waals surface area contributed by atoms with Crippen molar-refractivity contribution in [2.75, 3.05) is 0 Å². The number of hydrogen-bond acceptors (Lipinski definition) is 7. The molecule has 0 saturated heterocycles. The summed E-state index contributed by atoms with van der Waals surface area (Å²) in [6.07, 6.45) is 2.34.